The van der Waals surface area contributed by atoms with Gasteiger partial charge >= 0.3 is 5.97 Å². The van der Waals surface area contributed by atoms with Crippen LogP contribution in [0.4, 0.5) is 0 Å². The molecule has 0 amide bonds. The van der Waals surface area contributed by atoms with Gasteiger partial charge in [-0.05, 0) is 35.4 Å². The smallest absolute Gasteiger partial charge is 0.315 e. The molecule has 2 aromatic rings. The number of hydrogen-bond acceptors (Lipinski definition) is 5. The van der Waals surface area contributed by atoms with Crippen LogP contribution < -0.4 is 0 Å². The standard InChI is InChI=1S/C18H17NO3S/c1-22-16(20)17(9-5-10-19)12-13-6-2-3-7-14(13)18(17,21)15-8-4-11-23-15/h2-4,6-8,11,21H,5,9,12H2,1H3/t17-,18-/m0/s1. The fourth-order valence-corrected chi connectivity index (χ4v) is 4.58. The number of carbonyl (C=O) groups excluding carboxylic acids is 1. The summed E-state index contributed by atoms with van der Waals surface area (Å²) in [5, 5.41) is 22.6. The van der Waals surface area contributed by atoms with Crippen molar-refractivity contribution in [2.24, 2.45) is 5.41 Å². The van der Waals surface area contributed by atoms with Crippen LogP contribution in [0.2, 0.25) is 0 Å². The average Bonchev–Trinajstić information content (AvgIpc) is 3.19. The third-order valence-corrected chi connectivity index (χ3v) is 5.69. The summed E-state index contributed by atoms with van der Waals surface area (Å²) >= 11 is 1.41. The molecule has 1 aromatic carbocycles. The Bertz CT molecular complexity index is 765. The van der Waals surface area contributed by atoms with Crippen LogP contribution in [-0.2, 0) is 21.6 Å². The topological polar surface area (TPSA) is 70.3 Å². The van der Waals surface area contributed by atoms with Gasteiger partial charge in [-0.3, -0.25) is 4.79 Å². The number of rotatable bonds is 4. The third-order valence-electron chi connectivity index (χ3n) is 4.71. The number of fused-ring (bicyclic) bond motifs is 1. The largest absolute Gasteiger partial charge is 0.468 e. The van der Waals surface area contributed by atoms with Crippen molar-refractivity contribution in [1.82, 2.24) is 0 Å². The highest BCUT2D eigenvalue weighted by Crippen LogP contribution is 2.57. The van der Waals surface area contributed by atoms with Crippen molar-refractivity contribution in [3.05, 3.63) is 57.8 Å². The van der Waals surface area contributed by atoms with E-state index in [9.17, 15) is 9.90 Å². The molecule has 0 spiro atoms. The minimum absolute atomic E-state index is 0.177. The monoisotopic (exact) mass is 327 g/mol. The maximum Gasteiger partial charge on any atom is 0.315 e. The summed E-state index contributed by atoms with van der Waals surface area (Å²) in [6.07, 6.45) is 0.794. The lowest BCUT2D eigenvalue weighted by molar-refractivity contribution is -0.167. The van der Waals surface area contributed by atoms with E-state index in [-0.39, 0.29) is 12.8 Å². The van der Waals surface area contributed by atoms with Crippen molar-refractivity contribution in [2.45, 2.75) is 24.9 Å². The Morgan fingerprint density at radius 3 is 2.83 bits per heavy atom. The van der Waals surface area contributed by atoms with Gasteiger partial charge in [0.05, 0.1) is 13.2 Å². The lowest BCUT2D eigenvalue weighted by Crippen LogP contribution is -2.49. The van der Waals surface area contributed by atoms with Gasteiger partial charge in [0.2, 0.25) is 0 Å². The van der Waals surface area contributed by atoms with Crippen LogP contribution >= 0.6 is 11.3 Å². The molecule has 0 saturated heterocycles. The van der Waals surface area contributed by atoms with Crippen LogP contribution in [0.15, 0.2) is 41.8 Å². The van der Waals surface area contributed by atoms with E-state index >= 15 is 0 Å². The number of esters is 1. The second kappa shape index (κ2) is 5.80. The summed E-state index contributed by atoms with van der Waals surface area (Å²) in [4.78, 5) is 13.4. The number of nitriles is 1. The molecular weight excluding hydrogens is 310 g/mol. The Hall–Kier alpha value is -2.16. The number of hydrogen-bond donors (Lipinski definition) is 1. The summed E-state index contributed by atoms with van der Waals surface area (Å²) in [6.45, 7) is 0. The van der Waals surface area contributed by atoms with E-state index in [0.717, 1.165) is 11.1 Å². The van der Waals surface area contributed by atoms with E-state index in [1.165, 1.54) is 18.4 Å². The molecule has 4 nitrogen and oxygen atoms in total. The number of methoxy groups -OCH3 is 1. The van der Waals surface area contributed by atoms with E-state index in [1.54, 1.807) is 0 Å². The molecule has 0 aliphatic heterocycles. The van der Waals surface area contributed by atoms with Gasteiger partial charge in [0, 0.05) is 11.3 Å². The SMILES string of the molecule is COC(=O)[C@]1(CCC#N)Cc2ccccc2[C@]1(O)c1cccs1. The summed E-state index contributed by atoms with van der Waals surface area (Å²) in [6, 6.07) is 13.3. The van der Waals surface area contributed by atoms with Crippen molar-refractivity contribution in [3.63, 3.8) is 0 Å². The molecule has 0 bridgehead atoms. The van der Waals surface area contributed by atoms with Gasteiger partial charge in [-0.25, -0.2) is 0 Å². The van der Waals surface area contributed by atoms with E-state index in [2.05, 4.69) is 6.07 Å². The van der Waals surface area contributed by atoms with E-state index in [1.807, 2.05) is 41.8 Å². The second-order valence-electron chi connectivity index (χ2n) is 5.75. The third kappa shape index (κ3) is 2.10. The maximum absolute atomic E-state index is 12.7. The number of ether oxygens (including phenoxy) is 1. The van der Waals surface area contributed by atoms with Crippen LogP contribution in [0, 0.1) is 16.7 Å². The van der Waals surface area contributed by atoms with Crippen LogP contribution in [0.5, 0.6) is 0 Å². The zero-order chi connectivity index (χ0) is 16.5. The molecule has 1 aromatic heterocycles. The molecule has 1 aliphatic rings. The van der Waals surface area contributed by atoms with Crippen LogP contribution in [0.25, 0.3) is 0 Å². The molecule has 5 heteroatoms. The number of nitrogens with zero attached hydrogens (tertiary/aromatic N) is 1. The van der Waals surface area contributed by atoms with Gasteiger partial charge in [-0.1, -0.05) is 30.3 Å². The Balaban J connectivity index is 2.26. The molecule has 0 radical (unpaired) electrons. The first kappa shape index (κ1) is 15.7. The summed E-state index contributed by atoms with van der Waals surface area (Å²) in [5.74, 6) is -0.472. The molecule has 1 N–H and O–H groups in total. The number of benzene rings is 1. The summed E-state index contributed by atoms with van der Waals surface area (Å²) in [5.41, 5.74) is -0.995. The van der Waals surface area contributed by atoms with Crippen molar-refractivity contribution in [1.29, 1.82) is 5.26 Å². The molecule has 1 heterocycles. The molecule has 23 heavy (non-hydrogen) atoms. The summed E-state index contributed by atoms with van der Waals surface area (Å²) < 4.78 is 5.06. The number of aliphatic hydroxyl groups is 1. The fraction of sp³-hybridized carbons (Fsp3) is 0.333. The highest BCUT2D eigenvalue weighted by atomic mass is 32.1. The molecule has 1 aliphatic carbocycles. The Kier molecular flexibility index (Phi) is 3.97. The molecule has 0 fully saturated rings. The van der Waals surface area contributed by atoms with Crippen molar-refractivity contribution in [2.75, 3.05) is 7.11 Å². The van der Waals surface area contributed by atoms with Crippen LogP contribution in [0.3, 0.4) is 0 Å². The fourth-order valence-electron chi connectivity index (χ4n) is 3.65. The van der Waals surface area contributed by atoms with Crippen molar-refractivity contribution in [3.8, 4) is 6.07 Å². The Morgan fingerprint density at radius 1 is 1.39 bits per heavy atom. The first-order valence-corrected chi connectivity index (χ1v) is 8.28. The van der Waals surface area contributed by atoms with E-state index < -0.39 is 17.0 Å². The average molecular weight is 327 g/mol. The number of thiophene rings is 1. The molecule has 0 unspecified atom stereocenters. The maximum atomic E-state index is 12.7. The zero-order valence-corrected chi connectivity index (χ0v) is 13.6. The van der Waals surface area contributed by atoms with Gasteiger partial charge in [0.25, 0.3) is 0 Å². The number of carbonyl (C=O) groups is 1. The molecule has 3 rings (SSSR count). The highest BCUT2D eigenvalue weighted by Gasteiger charge is 2.63. The predicted molar refractivity (Wildman–Crippen MR) is 86.8 cm³/mol. The minimum atomic E-state index is -1.47. The lowest BCUT2D eigenvalue weighted by atomic mass is 9.68. The molecule has 2 atom stereocenters. The van der Waals surface area contributed by atoms with Crippen molar-refractivity contribution < 1.29 is 14.6 Å². The van der Waals surface area contributed by atoms with E-state index in [0.29, 0.717) is 11.3 Å². The first-order chi connectivity index (χ1) is 11.1. The van der Waals surface area contributed by atoms with Gasteiger partial charge in [0.15, 0.2) is 0 Å². The summed E-state index contributed by atoms with van der Waals surface area (Å²) in [7, 11) is 1.33. The van der Waals surface area contributed by atoms with Gasteiger partial charge in [0.1, 0.15) is 11.0 Å². The normalized spacial score (nSPS) is 25.6. The predicted octanol–water partition coefficient (Wildman–Crippen LogP) is 3.00. The first-order valence-electron chi connectivity index (χ1n) is 7.40. The van der Waals surface area contributed by atoms with Gasteiger partial charge in [-0.2, -0.15) is 5.26 Å². The highest BCUT2D eigenvalue weighted by molar-refractivity contribution is 7.10. The van der Waals surface area contributed by atoms with Crippen molar-refractivity contribution >= 4 is 17.3 Å². The molecular formula is C18H17NO3S. The minimum Gasteiger partial charge on any atom is -0.468 e. The lowest BCUT2D eigenvalue weighted by Gasteiger charge is -2.39. The Morgan fingerprint density at radius 2 is 2.17 bits per heavy atom. The Labute approximate surface area is 139 Å². The van der Waals surface area contributed by atoms with E-state index in [4.69, 9.17) is 10.00 Å². The van der Waals surface area contributed by atoms with Crippen LogP contribution in [-0.4, -0.2) is 18.2 Å². The van der Waals surface area contributed by atoms with Gasteiger partial charge in [-0.15, -0.1) is 11.3 Å². The molecule has 118 valence electrons. The quantitative estimate of drug-likeness (QED) is 0.876. The van der Waals surface area contributed by atoms with Crippen LogP contribution in [0.1, 0.15) is 28.8 Å². The second-order valence-corrected chi connectivity index (χ2v) is 6.70. The van der Waals surface area contributed by atoms with Gasteiger partial charge < -0.3 is 9.84 Å². The molecule has 0 saturated carbocycles. The zero-order valence-electron chi connectivity index (χ0n) is 12.8.